The molecular formula is C17H27NO2. The summed E-state index contributed by atoms with van der Waals surface area (Å²) in [6.45, 7) is 7.04. The average molecular weight is 277 g/mol. The highest BCUT2D eigenvalue weighted by Crippen LogP contribution is 2.31. The first-order valence-electron chi connectivity index (χ1n) is 7.75. The maximum absolute atomic E-state index is 5.61. The molecule has 0 saturated heterocycles. The minimum absolute atomic E-state index is 0.660. The number of rotatable bonds is 7. The molecule has 1 aliphatic rings. The van der Waals surface area contributed by atoms with Gasteiger partial charge in [-0.05, 0) is 49.4 Å². The third-order valence-electron chi connectivity index (χ3n) is 4.30. The molecule has 1 N–H and O–H groups in total. The summed E-state index contributed by atoms with van der Waals surface area (Å²) in [7, 11) is 1.68. The van der Waals surface area contributed by atoms with Crippen LogP contribution in [0.5, 0.6) is 11.5 Å². The van der Waals surface area contributed by atoms with Crippen molar-refractivity contribution in [3.8, 4) is 11.5 Å². The summed E-state index contributed by atoms with van der Waals surface area (Å²) in [6, 6.07) is 6.17. The standard InChI is InChI=1S/C17H27NO2/c1-4-20-17-10-14(8-9-16(17)19-3)11-18-12-15-7-5-6-13(15)2/h8-10,13,15,18H,4-7,11-12H2,1-3H3. The van der Waals surface area contributed by atoms with Crippen LogP contribution in [0.4, 0.5) is 0 Å². The van der Waals surface area contributed by atoms with E-state index in [4.69, 9.17) is 9.47 Å². The first-order valence-corrected chi connectivity index (χ1v) is 7.75. The average Bonchev–Trinajstić information content (AvgIpc) is 2.85. The Balaban J connectivity index is 1.87. The summed E-state index contributed by atoms with van der Waals surface area (Å²) in [6.07, 6.45) is 4.16. The van der Waals surface area contributed by atoms with Gasteiger partial charge in [-0.1, -0.05) is 25.8 Å². The molecule has 20 heavy (non-hydrogen) atoms. The summed E-state index contributed by atoms with van der Waals surface area (Å²) in [4.78, 5) is 0. The van der Waals surface area contributed by atoms with Crippen molar-refractivity contribution in [2.45, 2.75) is 39.7 Å². The van der Waals surface area contributed by atoms with Crippen LogP contribution in [0.25, 0.3) is 0 Å². The molecule has 0 aromatic heterocycles. The zero-order valence-electron chi connectivity index (χ0n) is 12.9. The molecule has 3 heteroatoms. The molecule has 0 aliphatic heterocycles. The van der Waals surface area contributed by atoms with Gasteiger partial charge >= 0.3 is 0 Å². The Morgan fingerprint density at radius 1 is 1.25 bits per heavy atom. The molecule has 2 atom stereocenters. The number of methoxy groups -OCH3 is 1. The van der Waals surface area contributed by atoms with Crippen molar-refractivity contribution < 1.29 is 9.47 Å². The van der Waals surface area contributed by atoms with E-state index in [2.05, 4.69) is 24.4 Å². The molecule has 0 heterocycles. The highest BCUT2D eigenvalue weighted by Gasteiger charge is 2.22. The van der Waals surface area contributed by atoms with Gasteiger partial charge in [-0.2, -0.15) is 0 Å². The van der Waals surface area contributed by atoms with Gasteiger partial charge in [-0.25, -0.2) is 0 Å². The Bertz CT molecular complexity index is 419. The van der Waals surface area contributed by atoms with Gasteiger partial charge in [0.25, 0.3) is 0 Å². The van der Waals surface area contributed by atoms with E-state index in [0.29, 0.717) is 6.61 Å². The zero-order valence-corrected chi connectivity index (χ0v) is 12.9. The monoisotopic (exact) mass is 277 g/mol. The van der Waals surface area contributed by atoms with Crippen LogP contribution >= 0.6 is 0 Å². The van der Waals surface area contributed by atoms with Crippen molar-refractivity contribution in [2.75, 3.05) is 20.3 Å². The summed E-state index contributed by atoms with van der Waals surface area (Å²) < 4.78 is 10.9. The normalized spacial score (nSPS) is 21.9. The predicted molar refractivity (Wildman–Crippen MR) is 82.4 cm³/mol. The molecule has 0 spiro atoms. The first-order chi connectivity index (χ1) is 9.74. The number of hydrogen-bond donors (Lipinski definition) is 1. The van der Waals surface area contributed by atoms with Gasteiger partial charge in [0, 0.05) is 6.54 Å². The molecule has 3 nitrogen and oxygen atoms in total. The van der Waals surface area contributed by atoms with Gasteiger partial charge in [-0.3, -0.25) is 0 Å². The summed E-state index contributed by atoms with van der Waals surface area (Å²) >= 11 is 0. The molecule has 0 radical (unpaired) electrons. The van der Waals surface area contributed by atoms with Crippen LogP contribution in [0.2, 0.25) is 0 Å². The van der Waals surface area contributed by atoms with Crippen LogP contribution in [0.15, 0.2) is 18.2 Å². The highest BCUT2D eigenvalue weighted by atomic mass is 16.5. The number of ether oxygens (including phenoxy) is 2. The fourth-order valence-corrected chi connectivity index (χ4v) is 3.03. The second kappa shape index (κ2) is 7.53. The van der Waals surface area contributed by atoms with E-state index in [9.17, 15) is 0 Å². The molecule has 2 unspecified atom stereocenters. The van der Waals surface area contributed by atoms with E-state index in [0.717, 1.165) is 36.4 Å². The lowest BCUT2D eigenvalue weighted by atomic mass is 9.98. The van der Waals surface area contributed by atoms with E-state index in [1.54, 1.807) is 7.11 Å². The molecule has 0 amide bonds. The largest absolute Gasteiger partial charge is 0.493 e. The maximum Gasteiger partial charge on any atom is 0.161 e. The van der Waals surface area contributed by atoms with Crippen LogP contribution in [-0.2, 0) is 6.54 Å². The molecule has 1 aliphatic carbocycles. The molecular weight excluding hydrogens is 250 g/mol. The van der Waals surface area contributed by atoms with Crippen LogP contribution < -0.4 is 14.8 Å². The number of hydrogen-bond acceptors (Lipinski definition) is 3. The van der Waals surface area contributed by atoms with E-state index >= 15 is 0 Å². The van der Waals surface area contributed by atoms with Crippen molar-refractivity contribution in [2.24, 2.45) is 11.8 Å². The van der Waals surface area contributed by atoms with E-state index in [1.807, 2.05) is 13.0 Å². The van der Waals surface area contributed by atoms with E-state index in [-0.39, 0.29) is 0 Å². The van der Waals surface area contributed by atoms with E-state index in [1.165, 1.54) is 24.8 Å². The van der Waals surface area contributed by atoms with Crippen molar-refractivity contribution in [1.82, 2.24) is 5.32 Å². The van der Waals surface area contributed by atoms with Crippen molar-refractivity contribution in [3.63, 3.8) is 0 Å². The predicted octanol–water partition coefficient (Wildman–Crippen LogP) is 3.62. The third kappa shape index (κ3) is 3.89. The minimum Gasteiger partial charge on any atom is -0.493 e. The molecule has 1 aromatic carbocycles. The van der Waals surface area contributed by atoms with Crippen molar-refractivity contribution >= 4 is 0 Å². The van der Waals surface area contributed by atoms with Gasteiger partial charge in [0.05, 0.1) is 13.7 Å². The Morgan fingerprint density at radius 2 is 2.10 bits per heavy atom. The smallest absolute Gasteiger partial charge is 0.161 e. The molecule has 1 aromatic rings. The molecule has 1 fully saturated rings. The van der Waals surface area contributed by atoms with Crippen LogP contribution in [0, 0.1) is 11.8 Å². The van der Waals surface area contributed by atoms with Gasteiger partial charge in [0.1, 0.15) is 0 Å². The Hall–Kier alpha value is -1.22. The third-order valence-corrected chi connectivity index (χ3v) is 4.30. The fourth-order valence-electron chi connectivity index (χ4n) is 3.03. The lowest BCUT2D eigenvalue weighted by molar-refractivity contribution is 0.310. The first kappa shape index (κ1) is 15.2. The summed E-state index contributed by atoms with van der Waals surface area (Å²) in [5, 5.41) is 3.58. The van der Waals surface area contributed by atoms with Crippen LogP contribution in [0.1, 0.15) is 38.7 Å². The summed E-state index contributed by atoms with van der Waals surface area (Å²) in [5.41, 5.74) is 1.25. The Labute approximate surface area is 122 Å². The topological polar surface area (TPSA) is 30.5 Å². The number of benzene rings is 1. The zero-order chi connectivity index (χ0) is 14.4. The van der Waals surface area contributed by atoms with Crippen molar-refractivity contribution in [1.29, 1.82) is 0 Å². The molecule has 2 rings (SSSR count). The molecule has 0 bridgehead atoms. The summed E-state index contributed by atoms with van der Waals surface area (Å²) in [5.74, 6) is 3.36. The maximum atomic E-state index is 5.61. The number of nitrogens with one attached hydrogen (secondary N) is 1. The van der Waals surface area contributed by atoms with Gasteiger partial charge in [0.15, 0.2) is 11.5 Å². The Morgan fingerprint density at radius 3 is 2.75 bits per heavy atom. The van der Waals surface area contributed by atoms with Gasteiger partial charge < -0.3 is 14.8 Å². The Kier molecular flexibility index (Phi) is 5.72. The quantitative estimate of drug-likeness (QED) is 0.825. The minimum atomic E-state index is 0.660. The van der Waals surface area contributed by atoms with Gasteiger partial charge in [-0.15, -0.1) is 0 Å². The van der Waals surface area contributed by atoms with Crippen molar-refractivity contribution in [3.05, 3.63) is 23.8 Å². The second-order valence-corrected chi connectivity index (χ2v) is 5.72. The highest BCUT2D eigenvalue weighted by molar-refractivity contribution is 5.42. The van der Waals surface area contributed by atoms with E-state index < -0.39 is 0 Å². The van der Waals surface area contributed by atoms with Crippen LogP contribution in [-0.4, -0.2) is 20.3 Å². The fraction of sp³-hybridized carbons (Fsp3) is 0.647. The SMILES string of the molecule is CCOc1cc(CNCC2CCCC2C)ccc1OC. The lowest BCUT2D eigenvalue weighted by Gasteiger charge is -2.16. The molecule has 1 saturated carbocycles. The lowest BCUT2D eigenvalue weighted by Crippen LogP contribution is -2.23. The van der Waals surface area contributed by atoms with Gasteiger partial charge in [0.2, 0.25) is 0 Å². The second-order valence-electron chi connectivity index (χ2n) is 5.72. The van der Waals surface area contributed by atoms with Crippen LogP contribution in [0.3, 0.4) is 0 Å². The molecule has 112 valence electrons.